The fourth-order valence-electron chi connectivity index (χ4n) is 4.39. The molecule has 2 N–H and O–H groups in total. The van der Waals surface area contributed by atoms with Gasteiger partial charge < -0.3 is 34.3 Å². The third-order valence-corrected chi connectivity index (χ3v) is 6.83. The number of nitrogens with one attached hydrogen (secondary N) is 1. The number of amides is 2. The van der Waals surface area contributed by atoms with Gasteiger partial charge in [0.1, 0.15) is 0 Å². The summed E-state index contributed by atoms with van der Waals surface area (Å²) in [7, 11) is 0. The summed E-state index contributed by atoms with van der Waals surface area (Å²) < 4.78 is 22.9. The molecule has 1 aromatic rings. The molecular weight excluding hydrogens is 472 g/mol. The van der Waals surface area contributed by atoms with E-state index in [9.17, 15) is 9.59 Å². The monoisotopic (exact) mass is 510 g/mol. The lowest BCUT2D eigenvalue weighted by Crippen LogP contribution is -2.39. The number of likely N-dealkylation sites (tertiary alicyclic amines) is 1. The second kappa shape index (κ2) is 15.2. The summed E-state index contributed by atoms with van der Waals surface area (Å²) in [6.07, 6.45) is 4.27. The van der Waals surface area contributed by atoms with Crippen molar-refractivity contribution in [1.29, 1.82) is 0 Å². The highest BCUT2D eigenvalue weighted by Gasteiger charge is 2.38. The zero-order valence-electron chi connectivity index (χ0n) is 20.5. The van der Waals surface area contributed by atoms with Crippen molar-refractivity contribution in [2.45, 2.75) is 44.8 Å². The van der Waals surface area contributed by atoms with Gasteiger partial charge in [-0.2, -0.15) is 11.3 Å². The lowest BCUT2D eigenvalue weighted by Gasteiger charge is -2.36. The van der Waals surface area contributed by atoms with E-state index in [1.807, 2.05) is 23.3 Å². The van der Waals surface area contributed by atoms with Crippen molar-refractivity contribution in [2.75, 3.05) is 59.3 Å². The van der Waals surface area contributed by atoms with Gasteiger partial charge in [0, 0.05) is 51.1 Å². The molecule has 0 radical (unpaired) electrons. The predicted octanol–water partition coefficient (Wildman–Crippen LogP) is 2.27. The van der Waals surface area contributed by atoms with E-state index in [0.29, 0.717) is 65.4 Å². The minimum Gasteiger partial charge on any atom is -0.459 e. The van der Waals surface area contributed by atoms with Crippen molar-refractivity contribution in [2.24, 2.45) is 5.92 Å². The van der Waals surface area contributed by atoms with Crippen LogP contribution in [-0.2, 0) is 28.5 Å². The van der Waals surface area contributed by atoms with E-state index in [1.54, 1.807) is 11.3 Å². The van der Waals surface area contributed by atoms with Crippen molar-refractivity contribution in [3.63, 3.8) is 0 Å². The van der Waals surface area contributed by atoms with Crippen LogP contribution in [-0.4, -0.2) is 87.4 Å². The third-order valence-electron chi connectivity index (χ3n) is 6.13. The lowest BCUT2D eigenvalue weighted by atomic mass is 9.82. The van der Waals surface area contributed by atoms with Crippen LogP contribution in [0.1, 0.15) is 44.1 Å². The molecule has 0 bridgehead atoms. The smallest absolute Gasteiger partial charge is 0.286 e. The number of ether oxygens (including phenoxy) is 4. The number of hydrogen-bond donors (Lipinski definition) is 2. The molecule has 0 spiro atoms. The molecule has 35 heavy (non-hydrogen) atoms. The highest BCUT2D eigenvalue weighted by atomic mass is 32.1. The van der Waals surface area contributed by atoms with Crippen LogP contribution in [0.25, 0.3) is 0 Å². The fraction of sp³-hybridized carbons (Fsp3) is 0.680. The van der Waals surface area contributed by atoms with Crippen LogP contribution in [0.15, 0.2) is 28.7 Å². The number of nitrogens with zero attached hydrogens (tertiary/aromatic N) is 1. The number of allylic oxidation sites excluding steroid dienone is 1. The van der Waals surface area contributed by atoms with E-state index in [2.05, 4.69) is 16.8 Å². The molecule has 1 saturated heterocycles. The highest BCUT2D eigenvalue weighted by molar-refractivity contribution is 7.08. The third kappa shape index (κ3) is 8.57. The molecule has 0 aromatic carbocycles. The Balaban J connectivity index is 1.58. The predicted molar refractivity (Wildman–Crippen MR) is 132 cm³/mol. The fourth-order valence-corrected chi connectivity index (χ4v) is 5.10. The maximum Gasteiger partial charge on any atom is 0.286 e. The van der Waals surface area contributed by atoms with Crippen LogP contribution in [0, 0.1) is 5.92 Å². The lowest BCUT2D eigenvalue weighted by molar-refractivity contribution is -0.168. The van der Waals surface area contributed by atoms with Crippen LogP contribution in [0.4, 0.5) is 0 Å². The average Bonchev–Trinajstić information content (AvgIpc) is 3.54. The first-order valence-corrected chi connectivity index (χ1v) is 13.4. The molecule has 10 heteroatoms. The van der Waals surface area contributed by atoms with Gasteiger partial charge >= 0.3 is 0 Å². The van der Waals surface area contributed by atoms with E-state index in [-0.39, 0.29) is 36.0 Å². The number of aliphatic hydroxyl groups is 1. The van der Waals surface area contributed by atoms with Crippen molar-refractivity contribution >= 4 is 23.2 Å². The van der Waals surface area contributed by atoms with Gasteiger partial charge in [-0.05, 0) is 54.7 Å². The summed E-state index contributed by atoms with van der Waals surface area (Å²) in [5.74, 6) is 0.148. The summed E-state index contributed by atoms with van der Waals surface area (Å²) in [5, 5.41) is 15.8. The molecule has 3 atom stereocenters. The molecule has 3 unspecified atom stereocenters. The van der Waals surface area contributed by atoms with Gasteiger partial charge in [0.2, 0.25) is 12.2 Å². The number of carbonyl (C=O) groups excluding carboxylic acids is 2. The summed E-state index contributed by atoms with van der Waals surface area (Å²) in [4.78, 5) is 26.5. The maximum atomic E-state index is 12.9. The molecule has 1 fully saturated rings. The van der Waals surface area contributed by atoms with Gasteiger partial charge in [-0.25, -0.2) is 0 Å². The van der Waals surface area contributed by atoms with Crippen LogP contribution in [0.2, 0.25) is 0 Å². The van der Waals surface area contributed by atoms with Crippen molar-refractivity contribution in [3.8, 4) is 0 Å². The molecule has 2 amide bonds. The van der Waals surface area contributed by atoms with E-state index >= 15 is 0 Å². The van der Waals surface area contributed by atoms with Crippen molar-refractivity contribution in [3.05, 3.63) is 34.2 Å². The second-order valence-electron chi connectivity index (χ2n) is 8.55. The first-order chi connectivity index (χ1) is 17.1. The Morgan fingerprint density at radius 1 is 1.29 bits per heavy atom. The van der Waals surface area contributed by atoms with E-state index in [4.69, 9.17) is 24.1 Å². The first-order valence-electron chi connectivity index (χ1n) is 12.5. The first kappa shape index (κ1) is 27.6. The minimum absolute atomic E-state index is 0.00185. The van der Waals surface area contributed by atoms with Crippen LogP contribution in [0.3, 0.4) is 0 Å². The molecule has 0 saturated carbocycles. The van der Waals surface area contributed by atoms with Crippen LogP contribution >= 0.6 is 11.3 Å². The molecule has 0 aliphatic carbocycles. The number of rotatable bonds is 16. The van der Waals surface area contributed by atoms with Gasteiger partial charge in [0.15, 0.2) is 5.76 Å². The molecule has 2 aliphatic rings. The Kier molecular flexibility index (Phi) is 12.0. The zero-order valence-corrected chi connectivity index (χ0v) is 21.3. The largest absolute Gasteiger partial charge is 0.459 e. The topological polar surface area (TPSA) is 107 Å². The number of hydrogen-bond acceptors (Lipinski definition) is 8. The van der Waals surface area contributed by atoms with Gasteiger partial charge in [0.25, 0.3) is 5.91 Å². The van der Waals surface area contributed by atoms with Crippen LogP contribution in [0.5, 0.6) is 0 Å². The summed E-state index contributed by atoms with van der Waals surface area (Å²) in [6, 6.07) is 2.07. The summed E-state index contributed by atoms with van der Waals surface area (Å²) in [5.41, 5.74) is 1.12. The van der Waals surface area contributed by atoms with E-state index < -0.39 is 6.29 Å². The Morgan fingerprint density at radius 3 is 2.80 bits per heavy atom. The average molecular weight is 511 g/mol. The Morgan fingerprint density at radius 2 is 2.11 bits per heavy atom. The standard InChI is InChI=1S/C25H38N2O7S/c1-2-33-25-20(6-12-31-14-15-32-13-11-28)21(19-7-16-35-18-19)17-22(34-25)24(30)26-8-4-10-27-9-3-5-23(27)29/h7,16-18,20-21,25,28H,2-6,8-15H2,1H3,(H,26,30). The number of carbonyl (C=O) groups is 2. The molecule has 9 nitrogen and oxygen atoms in total. The second-order valence-corrected chi connectivity index (χ2v) is 9.33. The maximum absolute atomic E-state index is 12.9. The van der Waals surface area contributed by atoms with Crippen molar-refractivity contribution < 1.29 is 33.6 Å². The highest BCUT2D eigenvalue weighted by Crippen LogP contribution is 2.39. The summed E-state index contributed by atoms with van der Waals surface area (Å²) in [6.45, 7) is 6.00. The molecular formula is C25H38N2O7S. The van der Waals surface area contributed by atoms with E-state index in [0.717, 1.165) is 18.5 Å². The number of thiophene rings is 1. The van der Waals surface area contributed by atoms with Crippen molar-refractivity contribution in [1.82, 2.24) is 10.2 Å². The normalized spacial score (nSPS) is 22.2. The minimum atomic E-state index is -0.563. The SMILES string of the molecule is CCOC1OC(C(=O)NCCCN2CCCC2=O)=CC(c2ccsc2)C1CCOCCOCCO. The Bertz CT molecular complexity index is 802. The molecule has 1 aromatic heterocycles. The van der Waals surface area contributed by atoms with Gasteiger partial charge in [0.05, 0.1) is 26.4 Å². The Hall–Kier alpha value is -1.98. The van der Waals surface area contributed by atoms with E-state index in [1.165, 1.54) is 0 Å². The molecule has 3 heterocycles. The van der Waals surface area contributed by atoms with Gasteiger partial charge in [-0.1, -0.05) is 0 Å². The quantitative estimate of drug-likeness (QED) is 0.329. The van der Waals surface area contributed by atoms with Gasteiger partial charge in [-0.15, -0.1) is 0 Å². The Labute approximate surface area is 211 Å². The zero-order chi connectivity index (χ0) is 24.9. The van der Waals surface area contributed by atoms with Gasteiger partial charge in [-0.3, -0.25) is 9.59 Å². The summed E-state index contributed by atoms with van der Waals surface area (Å²) >= 11 is 1.62. The van der Waals surface area contributed by atoms with Crippen LogP contribution < -0.4 is 5.32 Å². The number of aliphatic hydroxyl groups excluding tert-OH is 1. The molecule has 3 rings (SSSR count). The molecule has 2 aliphatic heterocycles. The molecule has 196 valence electrons.